The minimum absolute atomic E-state index is 0.131. The maximum atomic E-state index is 13.1. The Balaban J connectivity index is 1.70. The molecule has 0 saturated carbocycles. The molecule has 6 heteroatoms. The van der Waals surface area contributed by atoms with Crippen LogP contribution in [0.4, 0.5) is 8.78 Å². The normalized spacial score (nSPS) is 15.1. The van der Waals surface area contributed by atoms with Gasteiger partial charge in [0.1, 0.15) is 16.9 Å². The van der Waals surface area contributed by atoms with E-state index >= 15 is 0 Å². The molecule has 0 radical (unpaired) electrons. The monoisotopic (exact) mass is 332 g/mol. The second-order valence-corrected chi connectivity index (χ2v) is 6.29. The fourth-order valence-electron chi connectivity index (χ4n) is 2.33. The van der Waals surface area contributed by atoms with Gasteiger partial charge in [0.15, 0.2) is 5.01 Å². The molecular weight excluding hydrogens is 318 g/mol. The van der Waals surface area contributed by atoms with Crippen LogP contribution in [0.15, 0.2) is 30.5 Å². The number of thiazole rings is 1. The number of hydrogen-bond acceptors (Lipinski definition) is 3. The number of piperidine rings is 1. The van der Waals surface area contributed by atoms with Crippen molar-refractivity contribution in [2.45, 2.75) is 19.0 Å². The van der Waals surface area contributed by atoms with Gasteiger partial charge in [-0.2, -0.15) is 0 Å². The Hall–Kier alpha value is -2.26. The molecule has 118 valence electrons. The first-order chi connectivity index (χ1) is 11.1. The molecule has 1 aromatic heterocycles. The number of rotatable bonds is 1. The van der Waals surface area contributed by atoms with Gasteiger partial charge in [-0.1, -0.05) is 12.0 Å². The maximum absolute atomic E-state index is 13.1. The lowest BCUT2D eigenvalue weighted by atomic mass is 10.1. The summed E-state index contributed by atoms with van der Waals surface area (Å²) in [4.78, 5) is 18.6. The molecule has 23 heavy (non-hydrogen) atoms. The molecule has 3 rings (SSSR count). The molecule has 0 N–H and O–H groups in total. The van der Waals surface area contributed by atoms with E-state index < -0.39 is 6.17 Å². The Morgan fingerprint density at radius 3 is 2.83 bits per heavy atom. The average molecular weight is 332 g/mol. The van der Waals surface area contributed by atoms with Crippen LogP contribution in [0.25, 0.3) is 0 Å². The van der Waals surface area contributed by atoms with Crippen molar-refractivity contribution in [2.75, 3.05) is 13.1 Å². The van der Waals surface area contributed by atoms with Crippen molar-refractivity contribution in [3.63, 3.8) is 0 Å². The van der Waals surface area contributed by atoms with Crippen LogP contribution < -0.4 is 0 Å². The third-order valence-corrected chi connectivity index (χ3v) is 4.47. The van der Waals surface area contributed by atoms with Crippen LogP contribution in [0.3, 0.4) is 0 Å². The summed E-state index contributed by atoms with van der Waals surface area (Å²) < 4.78 is 26.2. The molecule has 1 aliphatic rings. The number of alkyl halides is 1. The standard InChI is InChI=1S/C17H14F2N2OS/c18-13-6-8-21(9-7-13)17(22)15-11-20-16(23-15)5-4-12-2-1-3-14(19)10-12/h1-3,10-11,13H,6-9H2. The van der Waals surface area contributed by atoms with Crippen LogP contribution in [0.2, 0.25) is 0 Å². The highest BCUT2D eigenvalue weighted by Gasteiger charge is 2.24. The molecule has 1 saturated heterocycles. The molecule has 0 spiro atoms. The molecule has 1 amide bonds. The lowest BCUT2D eigenvalue weighted by molar-refractivity contribution is 0.0671. The summed E-state index contributed by atoms with van der Waals surface area (Å²) in [5.74, 6) is 5.18. The van der Waals surface area contributed by atoms with Gasteiger partial charge in [-0.05, 0) is 37.0 Å². The van der Waals surface area contributed by atoms with E-state index in [1.165, 1.54) is 29.7 Å². The van der Waals surface area contributed by atoms with Crippen molar-refractivity contribution >= 4 is 17.2 Å². The Morgan fingerprint density at radius 1 is 1.30 bits per heavy atom. The summed E-state index contributed by atoms with van der Waals surface area (Å²) in [6.07, 6.45) is 1.45. The van der Waals surface area contributed by atoms with Crippen molar-refractivity contribution in [3.05, 3.63) is 51.7 Å². The van der Waals surface area contributed by atoms with E-state index in [1.807, 2.05) is 0 Å². The molecule has 0 aliphatic carbocycles. The van der Waals surface area contributed by atoms with Gasteiger partial charge in [0.25, 0.3) is 5.91 Å². The number of carbonyl (C=O) groups is 1. The van der Waals surface area contributed by atoms with E-state index in [4.69, 9.17) is 0 Å². The lowest BCUT2D eigenvalue weighted by Gasteiger charge is -2.28. The molecule has 1 aromatic carbocycles. The van der Waals surface area contributed by atoms with Crippen LogP contribution in [0.1, 0.15) is 33.1 Å². The first-order valence-electron chi connectivity index (χ1n) is 7.28. The number of likely N-dealkylation sites (tertiary alicyclic amines) is 1. The van der Waals surface area contributed by atoms with Crippen molar-refractivity contribution in [2.24, 2.45) is 0 Å². The number of halogens is 2. The second kappa shape index (κ2) is 6.88. The number of aromatic nitrogens is 1. The van der Waals surface area contributed by atoms with Gasteiger partial charge in [-0.25, -0.2) is 13.8 Å². The molecule has 0 atom stereocenters. The van der Waals surface area contributed by atoms with Gasteiger partial charge < -0.3 is 4.90 Å². The third kappa shape index (κ3) is 3.93. The number of hydrogen-bond donors (Lipinski definition) is 0. The summed E-state index contributed by atoms with van der Waals surface area (Å²) in [5, 5.41) is 0.498. The van der Waals surface area contributed by atoms with E-state index in [0.29, 0.717) is 41.4 Å². The first kappa shape index (κ1) is 15.6. The lowest BCUT2D eigenvalue weighted by Crippen LogP contribution is -2.38. The predicted molar refractivity (Wildman–Crippen MR) is 84.5 cm³/mol. The molecule has 2 aromatic rings. The number of amides is 1. The quantitative estimate of drug-likeness (QED) is 0.751. The molecule has 1 fully saturated rings. The smallest absolute Gasteiger partial charge is 0.265 e. The molecule has 1 aliphatic heterocycles. The van der Waals surface area contributed by atoms with Crippen LogP contribution >= 0.6 is 11.3 Å². The zero-order chi connectivity index (χ0) is 16.2. The van der Waals surface area contributed by atoms with Crippen LogP contribution in [0.5, 0.6) is 0 Å². The average Bonchev–Trinajstić information content (AvgIpc) is 3.02. The Kier molecular flexibility index (Phi) is 4.68. The topological polar surface area (TPSA) is 33.2 Å². The van der Waals surface area contributed by atoms with E-state index in [9.17, 15) is 13.6 Å². The minimum atomic E-state index is -0.812. The van der Waals surface area contributed by atoms with Crippen LogP contribution in [-0.4, -0.2) is 35.1 Å². The SMILES string of the molecule is O=C(c1cnc(C#Cc2cccc(F)c2)s1)N1CCC(F)CC1. The fraction of sp³-hybridized carbons (Fsp3) is 0.294. The molecule has 2 heterocycles. The summed E-state index contributed by atoms with van der Waals surface area (Å²) >= 11 is 1.20. The van der Waals surface area contributed by atoms with Gasteiger partial charge in [-0.15, -0.1) is 11.3 Å². The Bertz CT molecular complexity index is 770. The fourth-order valence-corrected chi connectivity index (χ4v) is 3.07. The Labute approximate surface area is 137 Å². The molecule has 0 unspecified atom stereocenters. The largest absolute Gasteiger partial charge is 0.338 e. The maximum Gasteiger partial charge on any atom is 0.265 e. The highest BCUT2D eigenvalue weighted by atomic mass is 32.1. The second-order valence-electron chi connectivity index (χ2n) is 5.26. The van der Waals surface area contributed by atoms with E-state index in [1.54, 1.807) is 17.0 Å². The van der Waals surface area contributed by atoms with Gasteiger partial charge in [0, 0.05) is 18.7 Å². The van der Waals surface area contributed by atoms with Crippen molar-refractivity contribution in [1.29, 1.82) is 0 Å². The van der Waals surface area contributed by atoms with Crippen LogP contribution in [-0.2, 0) is 0 Å². The predicted octanol–water partition coefficient (Wildman–Crippen LogP) is 3.26. The number of benzene rings is 1. The highest BCUT2D eigenvalue weighted by molar-refractivity contribution is 7.14. The van der Waals surface area contributed by atoms with Gasteiger partial charge in [0.2, 0.25) is 0 Å². The van der Waals surface area contributed by atoms with Crippen molar-refractivity contribution in [1.82, 2.24) is 9.88 Å². The summed E-state index contributed by atoms with van der Waals surface area (Å²) in [7, 11) is 0. The van der Waals surface area contributed by atoms with Gasteiger partial charge in [0.05, 0.1) is 6.20 Å². The minimum Gasteiger partial charge on any atom is -0.338 e. The summed E-state index contributed by atoms with van der Waals surface area (Å²) in [6, 6.07) is 5.99. The molecule has 3 nitrogen and oxygen atoms in total. The van der Waals surface area contributed by atoms with Crippen molar-refractivity contribution in [3.8, 4) is 11.8 Å². The van der Waals surface area contributed by atoms with E-state index in [0.717, 1.165) is 0 Å². The zero-order valence-corrected chi connectivity index (χ0v) is 13.1. The van der Waals surface area contributed by atoms with E-state index in [-0.39, 0.29) is 11.7 Å². The Morgan fingerprint density at radius 2 is 2.09 bits per heavy atom. The summed E-state index contributed by atoms with van der Waals surface area (Å²) in [5.41, 5.74) is 0.554. The highest BCUT2D eigenvalue weighted by Crippen LogP contribution is 2.19. The van der Waals surface area contributed by atoms with Gasteiger partial charge >= 0.3 is 0 Å². The third-order valence-electron chi connectivity index (χ3n) is 3.57. The number of carbonyl (C=O) groups excluding carboxylic acids is 1. The van der Waals surface area contributed by atoms with Crippen LogP contribution in [0, 0.1) is 17.7 Å². The molecular formula is C17H14F2N2OS. The first-order valence-corrected chi connectivity index (χ1v) is 8.10. The van der Waals surface area contributed by atoms with E-state index in [2.05, 4.69) is 16.8 Å². The summed E-state index contributed by atoms with van der Waals surface area (Å²) in [6.45, 7) is 0.865. The number of nitrogens with zero attached hydrogens (tertiary/aromatic N) is 2. The zero-order valence-electron chi connectivity index (χ0n) is 12.3. The molecule has 0 bridgehead atoms. The van der Waals surface area contributed by atoms with Gasteiger partial charge in [-0.3, -0.25) is 4.79 Å². The van der Waals surface area contributed by atoms with Crippen molar-refractivity contribution < 1.29 is 13.6 Å².